The Morgan fingerprint density at radius 3 is 2.47 bits per heavy atom. The predicted octanol–water partition coefficient (Wildman–Crippen LogP) is 7.05. The van der Waals surface area contributed by atoms with Gasteiger partial charge in [0.25, 0.3) is 0 Å². The average molecular weight is 527 g/mol. The molecule has 1 spiro atoms. The van der Waals surface area contributed by atoms with Crippen molar-refractivity contribution >= 4 is 14.0 Å². The van der Waals surface area contributed by atoms with Crippen LogP contribution in [0.5, 0.6) is 5.75 Å². The summed E-state index contributed by atoms with van der Waals surface area (Å²) < 4.78 is 12.4. The van der Waals surface area contributed by atoms with E-state index in [1.165, 1.54) is 46.1 Å². The van der Waals surface area contributed by atoms with Crippen LogP contribution in [0.3, 0.4) is 0 Å². The van der Waals surface area contributed by atoms with Crippen LogP contribution in [0.15, 0.2) is 78.1 Å². The first-order valence-electron chi connectivity index (χ1n) is 14.5. The fourth-order valence-corrected chi connectivity index (χ4v) is 10.7. The van der Waals surface area contributed by atoms with E-state index in [-0.39, 0.29) is 11.1 Å². The van der Waals surface area contributed by atoms with Crippen molar-refractivity contribution in [2.24, 2.45) is 5.92 Å². The zero-order valence-corrected chi connectivity index (χ0v) is 24.6. The van der Waals surface area contributed by atoms with Gasteiger partial charge < -0.3 is 14.1 Å². The number of benzene rings is 2. The van der Waals surface area contributed by atoms with Crippen LogP contribution in [-0.2, 0) is 16.4 Å². The molecule has 4 aliphatic rings. The quantitative estimate of drug-likeness (QED) is 0.199. The second-order valence-corrected chi connectivity index (χ2v) is 16.4. The minimum Gasteiger partial charge on any atom is -0.497 e. The number of hydrogen-bond acceptors (Lipinski definition) is 4. The standard InChI is InChI=1S/C33H42N2O2Si/c1-6-26-23-34-19-18-32-20-27(24-37-38(7-2,8-3)9-4)29(26)21-33(32,34)35(31-13-11-10-12-30(31)32)22-25-14-16-28(36-5)17-15-25/h10-17,20,29H,1,7-9,18-19,21-24H2,2-5H3/t29-,32+,33+/m0/s1. The molecule has 3 aliphatic heterocycles. The van der Waals surface area contributed by atoms with Crippen molar-refractivity contribution in [1.82, 2.24) is 4.90 Å². The topological polar surface area (TPSA) is 24.9 Å². The molecule has 2 aromatic rings. The Balaban J connectivity index is 1.47. The third-order valence-electron chi connectivity index (χ3n) is 10.5. The van der Waals surface area contributed by atoms with Crippen molar-refractivity contribution in [2.45, 2.75) is 69.4 Å². The van der Waals surface area contributed by atoms with Gasteiger partial charge in [0, 0.05) is 31.2 Å². The van der Waals surface area contributed by atoms with E-state index in [1.807, 2.05) is 0 Å². The van der Waals surface area contributed by atoms with Gasteiger partial charge in [0.2, 0.25) is 0 Å². The molecule has 0 radical (unpaired) electrons. The Bertz CT molecular complexity index is 1280. The van der Waals surface area contributed by atoms with Crippen molar-refractivity contribution in [3.63, 3.8) is 0 Å². The first-order valence-corrected chi connectivity index (χ1v) is 17.0. The maximum Gasteiger partial charge on any atom is 0.192 e. The number of ether oxygens (including phenoxy) is 1. The molecular weight excluding hydrogens is 484 g/mol. The Morgan fingerprint density at radius 1 is 1.05 bits per heavy atom. The van der Waals surface area contributed by atoms with Crippen LogP contribution < -0.4 is 9.64 Å². The molecule has 1 aliphatic carbocycles. The number of para-hydroxylation sites is 1. The summed E-state index contributed by atoms with van der Waals surface area (Å²) in [7, 11) is 0.0365. The molecule has 5 heteroatoms. The highest BCUT2D eigenvalue weighted by molar-refractivity contribution is 6.73. The summed E-state index contributed by atoms with van der Waals surface area (Å²) >= 11 is 0. The monoisotopic (exact) mass is 526 g/mol. The van der Waals surface area contributed by atoms with E-state index in [9.17, 15) is 0 Å². The van der Waals surface area contributed by atoms with E-state index < -0.39 is 8.32 Å². The summed E-state index contributed by atoms with van der Waals surface area (Å²) in [6.45, 7) is 14.8. The van der Waals surface area contributed by atoms with Crippen LogP contribution >= 0.6 is 0 Å². The lowest BCUT2D eigenvalue weighted by Gasteiger charge is -2.58. The maximum absolute atomic E-state index is 6.95. The lowest BCUT2D eigenvalue weighted by Crippen LogP contribution is -2.67. The van der Waals surface area contributed by atoms with E-state index in [0.29, 0.717) is 5.92 Å². The summed E-state index contributed by atoms with van der Waals surface area (Å²) in [6.07, 6.45) is 4.89. The summed E-state index contributed by atoms with van der Waals surface area (Å²) in [6, 6.07) is 21.3. The predicted molar refractivity (Wildman–Crippen MR) is 158 cm³/mol. The molecule has 3 atom stereocenters. The fraction of sp³-hybridized carbons (Fsp3) is 0.485. The van der Waals surface area contributed by atoms with Gasteiger partial charge in [-0.05, 0) is 71.4 Å². The Morgan fingerprint density at radius 2 is 1.79 bits per heavy atom. The Hall–Kier alpha value is -2.56. The van der Waals surface area contributed by atoms with Crippen molar-refractivity contribution in [2.75, 3.05) is 31.7 Å². The van der Waals surface area contributed by atoms with Crippen molar-refractivity contribution in [3.8, 4) is 5.75 Å². The van der Waals surface area contributed by atoms with Gasteiger partial charge in [-0.25, -0.2) is 0 Å². The minimum atomic E-state index is -1.70. The van der Waals surface area contributed by atoms with Gasteiger partial charge in [-0.15, -0.1) is 5.73 Å². The second-order valence-electron chi connectivity index (χ2n) is 11.6. The number of rotatable bonds is 9. The molecule has 2 aromatic carbocycles. The van der Waals surface area contributed by atoms with Gasteiger partial charge >= 0.3 is 0 Å². The molecule has 4 nitrogen and oxygen atoms in total. The van der Waals surface area contributed by atoms with Gasteiger partial charge in [-0.2, -0.15) is 0 Å². The van der Waals surface area contributed by atoms with Gasteiger partial charge in [-0.1, -0.05) is 63.8 Å². The molecule has 0 amide bonds. The summed E-state index contributed by atoms with van der Waals surface area (Å²) in [5, 5.41) is 0. The van der Waals surface area contributed by atoms with E-state index in [0.717, 1.165) is 44.8 Å². The van der Waals surface area contributed by atoms with Gasteiger partial charge in [0.05, 0.1) is 19.1 Å². The molecule has 2 fully saturated rings. The van der Waals surface area contributed by atoms with Gasteiger partial charge in [-0.3, -0.25) is 4.90 Å². The third-order valence-corrected chi connectivity index (χ3v) is 15.1. The fourth-order valence-electron chi connectivity index (χ4n) is 8.16. The maximum atomic E-state index is 6.95. The molecule has 0 unspecified atom stereocenters. The molecule has 0 N–H and O–H groups in total. The van der Waals surface area contributed by atoms with Crippen LogP contribution in [0.1, 0.15) is 44.7 Å². The minimum absolute atomic E-state index is 0.0210. The Labute approximate surface area is 229 Å². The lowest BCUT2D eigenvalue weighted by molar-refractivity contribution is 0.0538. The van der Waals surface area contributed by atoms with Crippen LogP contribution in [0.4, 0.5) is 5.69 Å². The largest absolute Gasteiger partial charge is 0.497 e. The molecule has 0 saturated carbocycles. The van der Waals surface area contributed by atoms with Gasteiger partial charge in [0.15, 0.2) is 8.32 Å². The molecule has 0 aromatic heterocycles. The SMILES string of the molecule is C=C=C1CN2CC[C@]34C=C(CO[Si](CC)(CC)CC)[C@H]1C[C@]23N(Cc1ccc(OC)cc1)c1ccccc14. The molecule has 38 heavy (non-hydrogen) atoms. The van der Waals surface area contributed by atoms with E-state index in [1.54, 1.807) is 7.11 Å². The molecular formula is C33H42N2O2Si. The number of anilines is 1. The molecule has 2 saturated heterocycles. The summed E-state index contributed by atoms with van der Waals surface area (Å²) in [5.41, 5.74) is 10.3. The molecule has 2 bridgehead atoms. The van der Waals surface area contributed by atoms with Crippen LogP contribution in [-0.4, -0.2) is 45.7 Å². The number of hydrogen-bond donors (Lipinski definition) is 0. The molecule has 200 valence electrons. The summed E-state index contributed by atoms with van der Waals surface area (Å²) in [5.74, 6) is 1.25. The highest BCUT2D eigenvalue weighted by atomic mass is 28.4. The normalized spacial score (nSPS) is 27.6. The van der Waals surface area contributed by atoms with Crippen molar-refractivity contribution in [1.29, 1.82) is 0 Å². The average Bonchev–Trinajstić information content (AvgIpc) is 3.44. The van der Waals surface area contributed by atoms with E-state index >= 15 is 0 Å². The van der Waals surface area contributed by atoms with E-state index in [4.69, 9.17) is 9.16 Å². The van der Waals surface area contributed by atoms with Crippen LogP contribution in [0.25, 0.3) is 0 Å². The highest BCUT2D eigenvalue weighted by Gasteiger charge is 2.70. The molecule has 3 heterocycles. The number of piperidine rings is 1. The molecule has 6 rings (SSSR count). The van der Waals surface area contributed by atoms with E-state index in [2.05, 4.69) is 97.5 Å². The lowest BCUT2D eigenvalue weighted by atomic mass is 9.60. The van der Waals surface area contributed by atoms with Crippen molar-refractivity contribution in [3.05, 3.63) is 89.2 Å². The zero-order chi connectivity index (χ0) is 26.5. The first-order chi connectivity index (χ1) is 18.5. The highest BCUT2D eigenvalue weighted by Crippen LogP contribution is 2.67. The first kappa shape index (κ1) is 25.7. The number of fused-ring (bicyclic) bond motifs is 2. The van der Waals surface area contributed by atoms with Gasteiger partial charge in [0.1, 0.15) is 11.4 Å². The second kappa shape index (κ2) is 9.57. The van der Waals surface area contributed by atoms with Crippen LogP contribution in [0, 0.1) is 5.92 Å². The Kier molecular flexibility index (Phi) is 6.47. The van der Waals surface area contributed by atoms with Crippen LogP contribution in [0.2, 0.25) is 18.1 Å². The number of methoxy groups -OCH3 is 1. The summed E-state index contributed by atoms with van der Waals surface area (Å²) in [4.78, 5) is 5.49. The smallest absolute Gasteiger partial charge is 0.192 e. The third kappa shape index (κ3) is 3.49. The van der Waals surface area contributed by atoms with Crippen molar-refractivity contribution < 1.29 is 9.16 Å². The number of nitrogens with zero attached hydrogens (tertiary/aromatic N) is 2. The zero-order valence-electron chi connectivity index (χ0n) is 23.6.